The number of aryl methyl sites for hydroxylation is 2. The number of nitrogens with zero attached hydrogens (tertiary/aromatic N) is 2. The van der Waals surface area contributed by atoms with Crippen LogP contribution in [0.25, 0.3) is 21.7 Å². The van der Waals surface area contributed by atoms with Gasteiger partial charge >= 0.3 is 0 Å². The zero-order chi connectivity index (χ0) is 25.8. The predicted molar refractivity (Wildman–Crippen MR) is 151 cm³/mol. The normalized spacial score (nSPS) is 13.1. The second-order valence-electron chi connectivity index (χ2n) is 9.48. The molecular formula is C29H33ClN4O3. The molecule has 7 nitrogen and oxygen atoms in total. The van der Waals surface area contributed by atoms with Gasteiger partial charge in [-0.2, -0.15) is 0 Å². The van der Waals surface area contributed by atoms with Crippen LogP contribution in [0.1, 0.15) is 30.5 Å². The lowest BCUT2D eigenvalue weighted by Crippen LogP contribution is -2.24. The molecule has 0 unspecified atom stereocenters. The van der Waals surface area contributed by atoms with E-state index in [1.165, 1.54) is 29.8 Å². The number of nitrogens with one attached hydrogen (secondary N) is 2. The largest absolute Gasteiger partial charge is 0.493 e. The Bertz CT molecular complexity index is 1480. The Morgan fingerprint density at radius 1 is 1.03 bits per heavy atom. The number of fused-ring (bicyclic) bond motifs is 3. The summed E-state index contributed by atoms with van der Waals surface area (Å²) in [5.74, 6) is 1.20. The van der Waals surface area contributed by atoms with Crippen molar-refractivity contribution in [3.05, 3.63) is 69.2 Å². The van der Waals surface area contributed by atoms with Crippen LogP contribution >= 0.6 is 11.6 Å². The van der Waals surface area contributed by atoms with E-state index in [1.54, 1.807) is 31.0 Å². The van der Waals surface area contributed by atoms with E-state index >= 15 is 0 Å². The van der Waals surface area contributed by atoms with Gasteiger partial charge in [0.05, 0.1) is 18.0 Å². The Morgan fingerprint density at radius 3 is 2.76 bits per heavy atom. The lowest BCUT2D eigenvalue weighted by molar-refractivity contribution is 0.293. The van der Waals surface area contributed by atoms with E-state index in [2.05, 4.69) is 16.7 Å². The quantitative estimate of drug-likeness (QED) is 0.283. The highest BCUT2D eigenvalue weighted by Crippen LogP contribution is 2.34. The maximum atomic E-state index is 12.5. The summed E-state index contributed by atoms with van der Waals surface area (Å²) in [7, 11) is 3.35. The van der Waals surface area contributed by atoms with Crippen molar-refractivity contribution < 1.29 is 9.47 Å². The first kappa shape index (κ1) is 25.4. The van der Waals surface area contributed by atoms with Gasteiger partial charge in [-0.15, -0.1) is 0 Å². The molecule has 0 saturated heterocycles. The van der Waals surface area contributed by atoms with Crippen molar-refractivity contribution in [1.29, 1.82) is 0 Å². The minimum atomic E-state index is -0.0537. The fourth-order valence-electron chi connectivity index (χ4n) is 5.01. The highest BCUT2D eigenvalue weighted by molar-refractivity contribution is 6.31. The highest BCUT2D eigenvalue weighted by atomic mass is 35.5. The molecule has 2 N–H and O–H groups in total. The summed E-state index contributed by atoms with van der Waals surface area (Å²) in [5.41, 5.74) is 4.70. The maximum Gasteiger partial charge on any atom is 0.258 e. The summed E-state index contributed by atoms with van der Waals surface area (Å²) in [6, 6.07) is 11.5. The minimum absolute atomic E-state index is 0.0537. The van der Waals surface area contributed by atoms with Gasteiger partial charge in [-0.1, -0.05) is 11.6 Å². The number of hydrogen-bond donors (Lipinski definition) is 2. The van der Waals surface area contributed by atoms with Crippen LogP contribution in [0.15, 0.2) is 47.4 Å². The van der Waals surface area contributed by atoms with Crippen LogP contribution in [0, 0.1) is 0 Å². The van der Waals surface area contributed by atoms with Gasteiger partial charge in [0.25, 0.3) is 5.56 Å². The molecule has 0 radical (unpaired) electrons. The number of pyridine rings is 2. The monoisotopic (exact) mass is 520 g/mol. The average molecular weight is 521 g/mol. The summed E-state index contributed by atoms with van der Waals surface area (Å²) < 4.78 is 13.0. The Hall–Kier alpha value is -3.29. The van der Waals surface area contributed by atoms with Gasteiger partial charge in [0.2, 0.25) is 0 Å². The fraction of sp³-hybridized carbons (Fsp3) is 0.379. The van der Waals surface area contributed by atoms with E-state index in [-0.39, 0.29) is 5.56 Å². The molecule has 4 aromatic rings. The van der Waals surface area contributed by atoms with Gasteiger partial charge in [0.1, 0.15) is 6.61 Å². The smallest absolute Gasteiger partial charge is 0.258 e. The van der Waals surface area contributed by atoms with Gasteiger partial charge in [0, 0.05) is 48.1 Å². The first-order valence-corrected chi connectivity index (χ1v) is 13.3. The minimum Gasteiger partial charge on any atom is -0.493 e. The Kier molecular flexibility index (Phi) is 7.82. The molecule has 1 aliphatic carbocycles. The zero-order valence-electron chi connectivity index (χ0n) is 21.4. The Labute approximate surface area is 221 Å². The maximum absolute atomic E-state index is 12.5. The molecule has 0 saturated carbocycles. The molecule has 2 aromatic carbocycles. The number of halogens is 1. The second-order valence-corrected chi connectivity index (χ2v) is 9.92. The van der Waals surface area contributed by atoms with E-state index in [0.29, 0.717) is 30.0 Å². The summed E-state index contributed by atoms with van der Waals surface area (Å²) in [6.45, 7) is 2.90. The molecule has 8 heteroatoms. The van der Waals surface area contributed by atoms with Crippen LogP contribution in [0.5, 0.6) is 11.5 Å². The standard InChI is InChI=1S/C29H33ClN4O3/c1-34-14-10-19-16-26(36-2)27(18-23(19)29(34)35)37-15-13-31-11-5-12-32-28-21-6-3-4-7-24(21)33-25-17-20(30)8-9-22(25)28/h8-10,14,16-18,31H,3-7,11-13,15H2,1-2H3,(H,32,33). The fourth-order valence-corrected chi connectivity index (χ4v) is 5.17. The number of ether oxygens (including phenoxy) is 2. The topological polar surface area (TPSA) is 77.4 Å². The molecule has 1 aliphatic rings. The van der Waals surface area contributed by atoms with E-state index in [9.17, 15) is 4.79 Å². The molecule has 0 bridgehead atoms. The molecule has 2 aromatic heterocycles. The molecule has 194 valence electrons. The van der Waals surface area contributed by atoms with Crippen LogP contribution in [0.4, 0.5) is 5.69 Å². The summed E-state index contributed by atoms with van der Waals surface area (Å²) in [6.07, 6.45) is 7.24. The first-order chi connectivity index (χ1) is 18.0. The van der Waals surface area contributed by atoms with Crippen molar-refractivity contribution >= 4 is 39.0 Å². The Morgan fingerprint density at radius 2 is 1.89 bits per heavy atom. The predicted octanol–water partition coefficient (Wildman–Crippen LogP) is 5.10. The van der Waals surface area contributed by atoms with Crippen molar-refractivity contribution in [2.75, 3.05) is 38.7 Å². The average Bonchev–Trinajstić information content (AvgIpc) is 2.91. The van der Waals surface area contributed by atoms with Crippen molar-refractivity contribution in [3.63, 3.8) is 0 Å². The van der Waals surface area contributed by atoms with Crippen LogP contribution in [0.3, 0.4) is 0 Å². The van der Waals surface area contributed by atoms with Crippen molar-refractivity contribution in [3.8, 4) is 11.5 Å². The number of hydrogen-bond acceptors (Lipinski definition) is 6. The summed E-state index contributed by atoms with van der Waals surface area (Å²) >= 11 is 6.24. The third-order valence-corrected chi connectivity index (χ3v) is 7.19. The number of rotatable bonds is 10. The van der Waals surface area contributed by atoms with Crippen molar-refractivity contribution in [1.82, 2.24) is 14.9 Å². The molecule has 37 heavy (non-hydrogen) atoms. The molecule has 0 spiro atoms. The molecule has 0 fully saturated rings. The lowest BCUT2D eigenvalue weighted by Gasteiger charge is -2.22. The van der Waals surface area contributed by atoms with E-state index in [0.717, 1.165) is 53.7 Å². The van der Waals surface area contributed by atoms with Crippen LogP contribution < -0.4 is 25.7 Å². The van der Waals surface area contributed by atoms with Crippen molar-refractivity contribution in [2.45, 2.75) is 32.1 Å². The summed E-state index contributed by atoms with van der Waals surface area (Å²) in [5, 5.41) is 10.5. The van der Waals surface area contributed by atoms with Gasteiger partial charge in [-0.05, 0) is 86.0 Å². The molecular weight excluding hydrogens is 488 g/mol. The van der Waals surface area contributed by atoms with E-state index < -0.39 is 0 Å². The zero-order valence-corrected chi connectivity index (χ0v) is 22.2. The molecule has 0 atom stereocenters. The molecule has 0 aliphatic heterocycles. The second kappa shape index (κ2) is 11.4. The van der Waals surface area contributed by atoms with Gasteiger partial charge in [0.15, 0.2) is 11.5 Å². The number of benzene rings is 2. The molecule has 2 heterocycles. The van der Waals surface area contributed by atoms with Gasteiger partial charge in [-0.25, -0.2) is 0 Å². The van der Waals surface area contributed by atoms with Crippen LogP contribution in [0.2, 0.25) is 5.02 Å². The first-order valence-electron chi connectivity index (χ1n) is 12.9. The lowest BCUT2D eigenvalue weighted by atomic mass is 9.92. The van der Waals surface area contributed by atoms with Crippen LogP contribution in [-0.4, -0.2) is 42.9 Å². The molecule has 0 amide bonds. The van der Waals surface area contributed by atoms with Gasteiger partial charge < -0.3 is 24.7 Å². The van der Waals surface area contributed by atoms with E-state index in [1.807, 2.05) is 24.3 Å². The third-order valence-electron chi connectivity index (χ3n) is 6.96. The number of aromatic nitrogens is 2. The van der Waals surface area contributed by atoms with E-state index in [4.69, 9.17) is 26.1 Å². The van der Waals surface area contributed by atoms with Gasteiger partial charge in [-0.3, -0.25) is 9.78 Å². The Balaban J connectivity index is 1.13. The molecule has 5 rings (SSSR count). The number of anilines is 1. The summed E-state index contributed by atoms with van der Waals surface area (Å²) in [4.78, 5) is 17.4. The van der Waals surface area contributed by atoms with Crippen LogP contribution in [-0.2, 0) is 19.9 Å². The van der Waals surface area contributed by atoms with Crippen molar-refractivity contribution in [2.24, 2.45) is 7.05 Å². The SMILES string of the molecule is COc1cc2ccn(C)c(=O)c2cc1OCCNCCCNc1c2c(nc3cc(Cl)ccc13)CCCC2. The number of methoxy groups -OCH3 is 1. The third kappa shape index (κ3) is 5.53. The highest BCUT2D eigenvalue weighted by Gasteiger charge is 2.18.